The molecule has 0 saturated heterocycles. The number of thiophene rings is 1. The number of aryl methyl sites for hydroxylation is 5. The Hall–Kier alpha value is -3.76. The van der Waals surface area contributed by atoms with Crippen molar-refractivity contribution in [2.24, 2.45) is 0 Å². The number of hydrogen-bond donors (Lipinski definition) is 1. The molecule has 0 fully saturated rings. The number of aromatic nitrogens is 3. The van der Waals surface area contributed by atoms with Crippen molar-refractivity contribution < 1.29 is 12.9 Å². The number of nitrogens with zero attached hydrogens (tertiary/aromatic N) is 3. The summed E-state index contributed by atoms with van der Waals surface area (Å²) in [6, 6.07) is 13.1. The van der Waals surface area contributed by atoms with Crippen molar-refractivity contribution in [3.8, 4) is 11.1 Å². The van der Waals surface area contributed by atoms with Crippen molar-refractivity contribution in [2.45, 2.75) is 52.3 Å². The second kappa shape index (κ2) is 9.52. The zero-order valence-corrected chi connectivity index (χ0v) is 23.7. The highest BCUT2D eigenvalue weighted by atomic mass is 32.2. The second-order valence-electron chi connectivity index (χ2n) is 9.56. The molecular formula is C28H28N4O4S2. The Morgan fingerprint density at radius 1 is 0.974 bits per heavy atom. The van der Waals surface area contributed by atoms with Gasteiger partial charge in [0.05, 0.1) is 12.1 Å². The molecule has 5 aromatic rings. The van der Waals surface area contributed by atoms with Gasteiger partial charge in [-0.05, 0) is 76.4 Å². The summed E-state index contributed by atoms with van der Waals surface area (Å²) in [7, 11) is -3.90. The first-order valence-corrected chi connectivity index (χ1v) is 14.4. The lowest BCUT2D eigenvalue weighted by molar-refractivity contribution is 0.399. The largest absolute Gasteiger partial charge is 0.359 e. The van der Waals surface area contributed by atoms with Crippen LogP contribution in [0.1, 0.15) is 38.7 Å². The van der Waals surface area contributed by atoms with Crippen molar-refractivity contribution in [1.29, 1.82) is 0 Å². The summed E-state index contributed by atoms with van der Waals surface area (Å²) in [5.41, 5.74) is 6.43. The van der Waals surface area contributed by atoms with E-state index in [1.165, 1.54) is 11.3 Å². The number of benzene rings is 1. The van der Waals surface area contributed by atoms with Crippen LogP contribution in [0.4, 0.5) is 5.82 Å². The normalized spacial score (nSPS) is 11.8. The van der Waals surface area contributed by atoms with Gasteiger partial charge in [-0.3, -0.25) is 14.5 Å². The SMILES string of the molecule is Cc1cc2c(ccc(=O)n2Cc2ccc(-c3cc(C)sc3S(=O)(=O)Nc3noc(C)c3C)c(C)c2)c(C)n1. The fourth-order valence-electron chi connectivity index (χ4n) is 4.65. The molecule has 0 amide bonds. The molecule has 0 aliphatic rings. The maximum atomic E-state index is 13.4. The van der Waals surface area contributed by atoms with Crippen LogP contribution in [-0.4, -0.2) is 23.1 Å². The molecule has 1 aromatic carbocycles. The number of nitrogens with one attached hydrogen (secondary N) is 1. The van der Waals surface area contributed by atoms with E-state index in [4.69, 9.17) is 4.52 Å². The molecule has 8 nitrogen and oxygen atoms in total. The van der Waals surface area contributed by atoms with E-state index in [9.17, 15) is 13.2 Å². The average Bonchev–Trinajstić information content (AvgIpc) is 3.38. The van der Waals surface area contributed by atoms with Gasteiger partial charge < -0.3 is 9.09 Å². The first kappa shape index (κ1) is 25.9. The molecule has 0 aliphatic carbocycles. The maximum absolute atomic E-state index is 13.4. The van der Waals surface area contributed by atoms with Crippen LogP contribution >= 0.6 is 11.3 Å². The van der Waals surface area contributed by atoms with Gasteiger partial charge in [-0.25, -0.2) is 8.42 Å². The van der Waals surface area contributed by atoms with Gasteiger partial charge in [0, 0.05) is 38.8 Å². The number of hydrogen-bond acceptors (Lipinski definition) is 7. The summed E-state index contributed by atoms with van der Waals surface area (Å²) < 4.78 is 36.4. The van der Waals surface area contributed by atoms with Crippen LogP contribution in [0.3, 0.4) is 0 Å². The van der Waals surface area contributed by atoms with Crippen molar-refractivity contribution in [2.75, 3.05) is 4.72 Å². The smallest absolute Gasteiger partial charge is 0.273 e. The lowest BCUT2D eigenvalue weighted by Crippen LogP contribution is -2.20. The number of pyridine rings is 2. The highest BCUT2D eigenvalue weighted by Crippen LogP contribution is 2.38. The van der Waals surface area contributed by atoms with Crippen LogP contribution in [0.15, 0.2) is 56.0 Å². The number of anilines is 1. The monoisotopic (exact) mass is 548 g/mol. The van der Waals surface area contributed by atoms with Gasteiger partial charge in [-0.2, -0.15) is 0 Å². The Labute approximate surface area is 225 Å². The van der Waals surface area contributed by atoms with E-state index < -0.39 is 10.0 Å². The Morgan fingerprint density at radius 3 is 2.42 bits per heavy atom. The summed E-state index contributed by atoms with van der Waals surface area (Å²) in [4.78, 5) is 18.2. The summed E-state index contributed by atoms with van der Waals surface area (Å²) >= 11 is 1.21. The molecule has 0 spiro atoms. The minimum absolute atomic E-state index is 0.0875. The third kappa shape index (κ3) is 4.65. The van der Waals surface area contributed by atoms with Crippen LogP contribution < -0.4 is 10.3 Å². The van der Waals surface area contributed by atoms with Gasteiger partial charge in [0.1, 0.15) is 9.97 Å². The molecule has 0 saturated carbocycles. The fraction of sp³-hybridized carbons (Fsp3) is 0.250. The van der Waals surface area contributed by atoms with Crippen LogP contribution in [0, 0.1) is 41.5 Å². The molecule has 0 aliphatic heterocycles. The minimum atomic E-state index is -3.90. The second-order valence-corrected chi connectivity index (χ2v) is 12.7. The van der Waals surface area contributed by atoms with E-state index in [2.05, 4.69) is 14.9 Å². The van der Waals surface area contributed by atoms with E-state index in [0.29, 0.717) is 23.4 Å². The molecule has 196 valence electrons. The van der Waals surface area contributed by atoms with Crippen LogP contribution in [0.2, 0.25) is 0 Å². The minimum Gasteiger partial charge on any atom is -0.359 e. The highest BCUT2D eigenvalue weighted by molar-refractivity contribution is 7.94. The molecule has 0 bridgehead atoms. The number of fused-ring (bicyclic) bond motifs is 1. The number of sulfonamides is 1. The molecular weight excluding hydrogens is 520 g/mol. The third-order valence-electron chi connectivity index (χ3n) is 6.68. The topological polar surface area (TPSA) is 107 Å². The van der Waals surface area contributed by atoms with E-state index in [-0.39, 0.29) is 15.6 Å². The van der Waals surface area contributed by atoms with Crippen molar-refractivity contribution in [3.05, 3.63) is 91.5 Å². The molecule has 4 heterocycles. The van der Waals surface area contributed by atoms with Crippen LogP contribution in [0.25, 0.3) is 22.0 Å². The highest BCUT2D eigenvalue weighted by Gasteiger charge is 2.26. The van der Waals surface area contributed by atoms with Gasteiger partial charge in [-0.1, -0.05) is 23.4 Å². The molecule has 0 radical (unpaired) electrons. The zero-order valence-electron chi connectivity index (χ0n) is 22.0. The first-order chi connectivity index (χ1) is 17.9. The summed E-state index contributed by atoms with van der Waals surface area (Å²) in [6.07, 6.45) is 0. The predicted molar refractivity (Wildman–Crippen MR) is 151 cm³/mol. The molecule has 5 rings (SSSR count). The maximum Gasteiger partial charge on any atom is 0.273 e. The van der Waals surface area contributed by atoms with Crippen molar-refractivity contribution in [1.82, 2.24) is 14.7 Å². The molecule has 10 heteroatoms. The van der Waals surface area contributed by atoms with Gasteiger partial charge in [0.2, 0.25) is 0 Å². The average molecular weight is 549 g/mol. The standard InChI is InChI=1S/C28H28N4O4S2/c1-15-11-21(14-32-25-12-16(2)29-19(5)23(25)9-10-26(32)33)7-8-22(15)24-13-17(3)37-28(24)38(34,35)31-27-18(4)20(6)36-30-27/h7-13H,14H2,1-6H3,(H,30,31). The van der Waals surface area contributed by atoms with Gasteiger partial charge in [0.15, 0.2) is 5.82 Å². The van der Waals surface area contributed by atoms with E-state index in [0.717, 1.165) is 43.9 Å². The van der Waals surface area contributed by atoms with Crippen molar-refractivity contribution in [3.63, 3.8) is 0 Å². The summed E-state index contributed by atoms with van der Waals surface area (Å²) in [5.74, 6) is 0.747. The van der Waals surface area contributed by atoms with E-state index in [1.807, 2.05) is 64.1 Å². The Balaban J connectivity index is 1.52. The third-order valence-corrected chi connectivity index (χ3v) is 9.60. The Bertz CT molecular complexity index is 1880. The van der Waals surface area contributed by atoms with Crippen molar-refractivity contribution >= 4 is 38.1 Å². The van der Waals surface area contributed by atoms with Gasteiger partial charge in [-0.15, -0.1) is 11.3 Å². The summed E-state index contributed by atoms with van der Waals surface area (Å²) in [6.45, 7) is 11.6. The lowest BCUT2D eigenvalue weighted by Gasteiger charge is -2.14. The Morgan fingerprint density at radius 2 is 1.74 bits per heavy atom. The Kier molecular flexibility index (Phi) is 6.48. The number of rotatable bonds is 6. The molecule has 4 aromatic heterocycles. The first-order valence-electron chi connectivity index (χ1n) is 12.1. The van der Waals surface area contributed by atoms with Gasteiger partial charge in [0.25, 0.3) is 15.6 Å². The van der Waals surface area contributed by atoms with E-state index >= 15 is 0 Å². The van der Waals surface area contributed by atoms with E-state index in [1.54, 1.807) is 24.5 Å². The van der Waals surface area contributed by atoms with Gasteiger partial charge >= 0.3 is 0 Å². The lowest BCUT2D eigenvalue weighted by atomic mass is 10.00. The molecule has 1 N–H and O–H groups in total. The predicted octanol–water partition coefficient (Wildman–Crippen LogP) is 5.81. The molecule has 0 unspecified atom stereocenters. The fourth-order valence-corrected chi connectivity index (χ4v) is 7.35. The van der Waals surface area contributed by atoms with Crippen LogP contribution in [0.5, 0.6) is 0 Å². The molecule has 0 atom stereocenters. The quantitative estimate of drug-likeness (QED) is 0.287. The summed E-state index contributed by atoms with van der Waals surface area (Å²) in [5, 5.41) is 4.79. The zero-order chi connectivity index (χ0) is 27.4. The molecule has 38 heavy (non-hydrogen) atoms. The van der Waals surface area contributed by atoms with Crippen LogP contribution in [-0.2, 0) is 16.6 Å².